The zero-order valence-corrected chi connectivity index (χ0v) is 18.9. The number of piperidine rings is 1. The largest absolute Gasteiger partial charge is 0.494 e. The number of hydrogen-bond donors (Lipinski definition) is 3. The zero-order valence-electron chi connectivity index (χ0n) is 18.9. The van der Waals surface area contributed by atoms with E-state index in [-0.39, 0.29) is 23.7 Å². The van der Waals surface area contributed by atoms with Gasteiger partial charge < -0.3 is 25.4 Å². The third kappa shape index (κ3) is 6.09. The maximum absolute atomic E-state index is 14.7. The summed E-state index contributed by atoms with van der Waals surface area (Å²) < 4.78 is 33.7. The van der Waals surface area contributed by atoms with Gasteiger partial charge in [-0.2, -0.15) is 0 Å². The Hall–Kier alpha value is -2.87. The highest BCUT2D eigenvalue weighted by molar-refractivity contribution is 5.80. The Morgan fingerprint density at radius 2 is 1.94 bits per heavy atom. The number of nitrogens with zero attached hydrogens (tertiary/aromatic N) is 2. The van der Waals surface area contributed by atoms with Crippen LogP contribution < -0.4 is 20.3 Å². The van der Waals surface area contributed by atoms with Gasteiger partial charge in [0.25, 0.3) is 0 Å². The number of benzene rings is 2. The van der Waals surface area contributed by atoms with Gasteiger partial charge in [-0.25, -0.2) is 13.8 Å². The van der Waals surface area contributed by atoms with Gasteiger partial charge in [0.15, 0.2) is 17.5 Å². The highest BCUT2D eigenvalue weighted by atomic mass is 19.1. The van der Waals surface area contributed by atoms with Gasteiger partial charge in [-0.1, -0.05) is 12.1 Å². The summed E-state index contributed by atoms with van der Waals surface area (Å²) in [5.41, 5.74) is 2.07. The summed E-state index contributed by atoms with van der Waals surface area (Å²) in [5.74, 6) is 0.0620. The Morgan fingerprint density at radius 1 is 1.19 bits per heavy atom. The molecule has 174 valence electrons. The number of nitrogens with one attached hydrogen (secondary N) is 2. The fraction of sp³-hybridized carbons (Fsp3) is 0.458. The summed E-state index contributed by atoms with van der Waals surface area (Å²) in [4.78, 5) is 6.53. The monoisotopic (exact) mass is 446 g/mol. The second kappa shape index (κ2) is 11.1. The smallest absolute Gasteiger partial charge is 0.192 e. The van der Waals surface area contributed by atoms with Crippen LogP contribution in [-0.2, 0) is 6.54 Å². The maximum Gasteiger partial charge on any atom is 0.192 e. The van der Waals surface area contributed by atoms with E-state index in [4.69, 9.17) is 4.74 Å². The molecule has 6 nitrogen and oxygen atoms in total. The average Bonchev–Trinajstić information content (AvgIpc) is 2.78. The average molecular weight is 447 g/mol. The van der Waals surface area contributed by atoms with Gasteiger partial charge in [-0.3, -0.25) is 0 Å². The van der Waals surface area contributed by atoms with Crippen molar-refractivity contribution < 1.29 is 18.6 Å². The zero-order chi connectivity index (χ0) is 23.1. The molecule has 1 heterocycles. The molecule has 0 saturated carbocycles. The van der Waals surface area contributed by atoms with Gasteiger partial charge in [0.05, 0.1) is 31.5 Å². The van der Waals surface area contributed by atoms with Crippen molar-refractivity contribution in [3.8, 4) is 5.75 Å². The first-order chi connectivity index (χ1) is 15.4. The summed E-state index contributed by atoms with van der Waals surface area (Å²) in [6.45, 7) is 6.12. The predicted octanol–water partition coefficient (Wildman–Crippen LogP) is 3.75. The molecule has 1 aliphatic rings. The van der Waals surface area contributed by atoms with Crippen LogP contribution in [-0.4, -0.2) is 43.9 Å². The molecule has 2 aromatic carbocycles. The minimum absolute atomic E-state index is 0.193. The molecular weight excluding hydrogens is 414 g/mol. The van der Waals surface area contributed by atoms with Gasteiger partial charge in [-0.15, -0.1) is 0 Å². The Labute approximate surface area is 188 Å². The fourth-order valence-electron chi connectivity index (χ4n) is 3.74. The van der Waals surface area contributed by atoms with Crippen molar-refractivity contribution >= 4 is 11.6 Å². The number of rotatable bonds is 7. The number of aliphatic hydroxyl groups excluding tert-OH is 1. The van der Waals surface area contributed by atoms with Crippen LogP contribution in [0.5, 0.6) is 5.75 Å². The van der Waals surface area contributed by atoms with Crippen molar-refractivity contribution in [1.29, 1.82) is 0 Å². The van der Waals surface area contributed by atoms with Gasteiger partial charge in [0, 0.05) is 19.6 Å². The lowest BCUT2D eigenvalue weighted by molar-refractivity contribution is 0.145. The molecule has 3 N–H and O–H groups in total. The molecule has 0 spiro atoms. The Morgan fingerprint density at radius 3 is 2.56 bits per heavy atom. The van der Waals surface area contributed by atoms with Crippen LogP contribution in [0.15, 0.2) is 41.4 Å². The molecule has 1 aliphatic heterocycles. The first-order valence-corrected chi connectivity index (χ1v) is 11.0. The first-order valence-electron chi connectivity index (χ1n) is 11.0. The molecular formula is C24H32F2N4O2. The van der Waals surface area contributed by atoms with E-state index < -0.39 is 5.82 Å². The molecule has 1 atom stereocenters. The molecule has 8 heteroatoms. The van der Waals surface area contributed by atoms with Crippen LogP contribution in [0.3, 0.4) is 0 Å². The van der Waals surface area contributed by atoms with Crippen molar-refractivity contribution in [1.82, 2.24) is 10.6 Å². The normalized spacial score (nSPS) is 16.1. The van der Waals surface area contributed by atoms with Crippen LogP contribution in [0.4, 0.5) is 14.5 Å². The standard InChI is InChI=1S/C24H32F2N4O2/c1-4-27-24(29-16(2)18-6-8-23(32-3)21(26)14-18)28-15-17-5-7-22(20(25)13-17)30-11-9-19(31)10-12-30/h5-8,13-14,16,19,31H,4,9-12,15H2,1-3H3,(H2,27,28,29). The summed E-state index contributed by atoms with van der Waals surface area (Å²) >= 11 is 0. The topological polar surface area (TPSA) is 69.1 Å². The van der Waals surface area contributed by atoms with Gasteiger partial charge in [0.1, 0.15) is 5.82 Å². The Kier molecular flexibility index (Phi) is 8.27. The summed E-state index contributed by atoms with van der Waals surface area (Å²) in [6, 6.07) is 9.81. The Bertz CT molecular complexity index is 930. The summed E-state index contributed by atoms with van der Waals surface area (Å²) in [6.07, 6.45) is 1.01. The molecule has 1 saturated heterocycles. The Balaban J connectivity index is 1.66. The molecule has 2 aromatic rings. The number of aliphatic imine (C=N–C) groups is 1. The van der Waals surface area contributed by atoms with Crippen LogP contribution in [0, 0.1) is 11.6 Å². The SMILES string of the molecule is CCNC(=NCc1ccc(N2CCC(O)CC2)c(F)c1)NC(C)c1ccc(OC)c(F)c1. The molecule has 0 amide bonds. The number of methoxy groups -OCH3 is 1. The van der Waals surface area contributed by atoms with E-state index in [0.29, 0.717) is 50.7 Å². The van der Waals surface area contributed by atoms with E-state index in [2.05, 4.69) is 15.6 Å². The lowest BCUT2D eigenvalue weighted by Gasteiger charge is -2.31. The number of halogens is 2. The summed E-state index contributed by atoms with van der Waals surface area (Å²) in [7, 11) is 1.43. The van der Waals surface area contributed by atoms with Crippen LogP contribution >= 0.6 is 0 Å². The molecule has 32 heavy (non-hydrogen) atoms. The third-order valence-electron chi connectivity index (χ3n) is 5.61. The minimum Gasteiger partial charge on any atom is -0.494 e. The highest BCUT2D eigenvalue weighted by Crippen LogP contribution is 2.25. The van der Waals surface area contributed by atoms with E-state index >= 15 is 0 Å². The molecule has 0 radical (unpaired) electrons. The number of hydrogen-bond acceptors (Lipinski definition) is 4. The minimum atomic E-state index is -0.417. The second-order valence-corrected chi connectivity index (χ2v) is 7.96. The molecule has 0 aliphatic carbocycles. The first kappa shape index (κ1) is 23.8. The fourth-order valence-corrected chi connectivity index (χ4v) is 3.74. The van der Waals surface area contributed by atoms with E-state index in [1.165, 1.54) is 19.2 Å². The molecule has 1 unspecified atom stereocenters. The lowest BCUT2D eigenvalue weighted by atomic mass is 10.1. The van der Waals surface area contributed by atoms with E-state index in [1.54, 1.807) is 18.2 Å². The van der Waals surface area contributed by atoms with Crippen molar-refractivity contribution in [3.05, 3.63) is 59.2 Å². The van der Waals surface area contributed by atoms with E-state index in [9.17, 15) is 13.9 Å². The molecule has 1 fully saturated rings. The quantitative estimate of drug-likeness (QED) is 0.447. The maximum atomic E-state index is 14.7. The lowest BCUT2D eigenvalue weighted by Crippen LogP contribution is -2.38. The van der Waals surface area contributed by atoms with Crippen molar-refractivity contribution in [2.45, 2.75) is 45.4 Å². The van der Waals surface area contributed by atoms with Gasteiger partial charge >= 0.3 is 0 Å². The second-order valence-electron chi connectivity index (χ2n) is 7.96. The van der Waals surface area contributed by atoms with E-state index in [1.807, 2.05) is 24.8 Å². The van der Waals surface area contributed by atoms with Crippen LogP contribution in [0.2, 0.25) is 0 Å². The van der Waals surface area contributed by atoms with Crippen molar-refractivity contribution in [3.63, 3.8) is 0 Å². The van der Waals surface area contributed by atoms with Crippen molar-refractivity contribution in [2.24, 2.45) is 4.99 Å². The molecule has 0 aromatic heterocycles. The van der Waals surface area contributed by atoms with Gasteiger partial charge in [-0.05, 0) is 62.1 Å². The number of anilines is 1. The molecule has 0 bridgehead atoms. The third-order valence-corrected chi connectivity index (χ3v) is 5.61. The molecule has 3 rings (SSSR count). The highest BCUT2D eigenvalue weighted by Gasteiger charge is 2.19. The van der Waals surface area contributed by atoms with Crippen LogP contribution in [0.25, 0.3) is 0 Å². The van der Waals surface area contributed by atoms with Gasteiger partial charge in [0.2, 0.25) is 0 Å². The number of ether oxygens (including phenoxy) is 1. The predicted molar refractivity (Wildman–Crippen MR) is 123 cm³/mol. The summed E-state index contributed by atoms with van der Waals surface area (Å²) in [5, 5.41) is 16.1. The number of guanidine groups is 1. The van der Waals surface area contributed by atoms with E-state index in [0.717, 1.165) is 11.1 Å². The van der Waals surface area contributed by atoms with Crippen molar-refractivity contribution in [2.75, 3.05) is 31.6 Å². The number of aliphatic hydroxyl groups is 1. The van der Waals surface area contributed by atoms with Crippen LogP contribution in [0.1, 0.15) is 43.9 Å².